The van der Waals surface area contributed by atoms with Crippen LogP contribution in [-0.2, 0) is 11.2 Å². The molecule has 1 N–H and O–H groups in total. The van der Waals surface area contributed by atoms with Crippen molar-refractivity contribution in [1.29, 1.82) is 0 Å². The van der Waals surface area contributed by atoms with Crippen molar-refractivity contribution in [1.82, 2.24) is 14.6 Å². The van der Waals surface area contributed by atoms with Gasteiger partial charge in [0, 0.05) is 11.6 Å². The number of carboxylic acid groups (broad SMARTS) is 1. The number of pyridine rings is 1. The molecule has 2 heterocycles. The first-order valence-electron chi connectivity index (χ1n) is 6.41. The van der Waals surface area contributed by atoms with Crippen LogP contribution in [0.1, 0.15) is 11.1 Å². The number of nitrogens with zero attached hydrogens (tertiary/aromatic N) is 3. The number of ether oxygens (including phenoxy) is 1. The van der Waals surface area contributed by atoms with Crippen LogP contribution < -0.4 is 4.74 Å². The van der Waals surface area contributed by atoms with Gasteiger partial charge in [-0.05, 0) is 24.6 Å². The van der Waals surface area contributed by atoms with E-state index in [1.54, 1.807) is 28.8 Å². The van der Waals surface area contributed by atoms with Gasteiger partial charge >= 0.3 is 5.97 Å². The number of rotatable bonds is 4. The van der Waals surface area contributed by atoms with Crippen LogP contribution in [0, 0.1) is 6.92 Å². The van der Waals surface area contributed by atoms with Crippen molar-refractivity contribution < 1.29 is 14.6 Å². The SMILES string of the molecule is Cc1cc(Oc2ccccc2CC(=O)O)n2ncnc2c1. The first-order valence-corrected chi connectivity index (χ1v) is 6.41. The van der Waals surface area contributed by atoms with Crippen LogP contribution in [0.3, 0.4) is 0 Å². The zero-order valence-electron chi connectivity index (χ0n) is 11.4. The summed E-state index contributed by atoms with van der Waals surface area (Å²) in [5, 5.41) is 13.1. The van der Waals surface area contributed by atoms with Crippen LogP contribution in [-0.4, -0.2) is 25.7 Å². The van der Waals surface area contributed by atoms with E-state index in [2.05, 4.69) is 10.1 Å². The molecule has 2 aromatic heterocycles. The van der Waals surface area contributed by atoms with Gasteiger partial charge in [0.1, 0.15) is 12.1 Å². The molecular weight excluding hydrogens is 270 g/mol. The molecule has 6 heteroatoms. The van der Waals surface area contributed by atoms with Crippen molar-refractivity contribution in [2.45, 2.75) is 13.3 Å². The lowest BCUT2D eigenvalue weighted by atomic mass is 10.1. The molecule has 0 fully saturated rings. The number of aromatic nitrogens is 3. The van der Waals surface area contributed by atoms with Gasteiger partial charge in [-0.25, -0.2) is 4.98 Å². The number of aliphatic carboxylic acids is 1. The van der Waals surface area contributed by atoms with Gasteiger partial charge in [0.2, 0.25) is 5.88 Å². The zero-order valence-corrected chi connectivity index (χ0v) is 11.4. The van der Waals surface area contributed by atoms with E-state index in [9.17, 15) is 4.79 Å². The maximum Gasteiger partial charge on any atom is 0.307 e. The molecule has 106 valence electrons. The Hall–Kier alpha value is -2.89. The van der Waals surface area contributed by atoms with Crippen molar-refractivity contribution in [3.05, 3.63) is 53.9 Å². The summed E-state index contributed by atoms with van der Waals surface area (Å²) in [5.74, 6) is 0.101. The summed E-state index contributed by atoms with van der Waals surface area (Å²) in [6.07, 6.45) is 1.35. The van der Waals surface area contributed by atoms with Gasteiger partial charge < -0.3 is 9.84 Å². The van der Waals surface area contributed by atoms with E-state index in [1.165, 1.54) is 6.33 Å². The Labute approximate surface area is 120 Å². The van der Waals surface area contributed by atoms with Gasteiger partial charge in [-0.2, -0.15) is 9.61 Å². The normalized spacial score (nSPS) is 10.7. The van der Waals surface area contributed by atoms with Crippen molar-refractivity contribution in [3.63, 3.8) is 0 Å². The highest BCUT2D eigenvalue weighted by Gasteiger charge is 2.11. The summed E-state index contributed by atoms with van der Waals surface area (Å²) in [6, 6.07) is 10.8. The molecule has 1 aromatic carbocycles. The lowest BCUT2D eigenvalue weighted by Gasteiger charge is -2.11. The quantitative estimate of drug-likeness (QED) is 0.796. The van der Waals surface area contributed by atoms with Crippen molar-refractivity contribution in [2.75, 3.05) is 0 Å². The van der Waals surface area contributed by atoms with Crippen molar-refractivity contribution in [2.24, 2.45) is 0 Å². The molecule has 0 unspecified atom stereocenters. The van der Waals surface area contributed by atoms with E-state index in [0.29, 0.717) is 22.8 Å². The monoisotopic (exact) mass is 283 g/mol. The van der Waals surface area contributed by atoms with E-state index < -0.39 is 5.97 Å². The maximum atomic E-state index is 10.9. The fourth-order valence-electron chi connectivity index (χ4n) is 2.12. The van der Waals surface area contributed by atoms with Crippen molar-refractivity contribution >= 4 is 11.6 Å². The van der Waals surface area contributed by atoms with Crippen LogP contribution >= 0.6 is 0 Å². The standard InChI is InChI=1S/C15H13N3O3/c1-10-6-13-16-9-17-18(13)14(7-10)21-12-5-3-2-4-11(12)8-15(19)20/h2-7,9H,8H2,1H3,(H,19,20). The number of aryl methyl sites for hydroxylation is 1. The van der Waals surface area contributed by atoms with Crippen LogP contribution in [0.25, 0.3) is 5.65 Å². The van der Waals surface area contributed by atoms with E-state index in [0.717, 1.165) is 5.56 Å². The Bertz CT molecular complexity index is 811. The minimum atomic E-state index is -0.902. The zero-order chi connectivity index (χ0) is 14.8. The van der Waals surface area contributed by atoms with Gasteiger partial charge in [-0.15, -0.1) is 0 Å². The summed E-state index contributed by atoms with van der Waals surface area (Å²) < 4.78 is 7.43. The predicted octanol–water partition coefficient (Wildman–Crippen LogP) is 2.46. The number of para-hydroxylation sites is 1. The molecule has 0 aliphatic carbocycles. The van der Waals surface area contributed by atoms with Gasteiger partial charge in [-0.3, -0.25) is 4.79 Å². The number of hydrogen-bond acceptors (Lipinski definition) is 4. The maximum absolute atomic E-state index is 10.9. The van der Waals surface area contributed by atoms with Gasteiger partial charge in [-0.1, -0.05) is 18.2 Å². The summed E-state index contributed by atoms with van der Waals surface area (Å²) >= 11 is 0. The Kier molecular flexibility index (Phi) is 3.27. The molecule has 3 aromatic rings. The summed E-state index contributed by atoms with van der Waals surface area (Å²) in [7, 11) is 0. The fraction of sp³-hybridized carbons (Fsp3) is 0.133. The van der Waals surface area contributed by atoms with Crippen molar-refractivity contribution in [3.8, 4) is 11.6 Å². The smallest absolute Gasteiger partial charge is 0.307 e. The molecule has 0 spiro atoms. The highest BCUT2D eigenvalue weighted by atomic mass is 16.5. The Morgan fingerprint density at radius 3 is 2.95 bits per heavy atom. The molecule has 21 heavy (non-hydrogen) atoms. The number of carbonyl (C=O) groups is 1. The first kappa shape index (κ1) is 13.1. The third-order valence-electron chi connectivity index (χ3n) is 3.02. The van der Waals surface area contributed by atoms with Crippen LogP contribution in [0.5, 0.6) is 11.6 Å². The molecule has 0 saturated heterocycles. The Morgan fingerprint density at radius 1 is 1.33 bits per heavy atom. The minimum absolute atomic E-state index is 0.0948. The summed E-state index contributed by atoms with van der Waals surface area (Å²) in [4.78, 5) is 15.0. The average molecular weight is 283 g/mol. The second kappa shape index (κ2) is 5.24. The molecule has 0 saturated carbocycles. The third-order valence-corrected chi connectivity index (χ3v) is 3.02. The van der Waals surface area contributed by atoms with Gasteiger partial charge in [0.15, 0.2) is 5.65 Å². The number of fused-ring (bicyclic) bond motifs is 1. The van der Waals surface area contributed by atoms with Gasteiger partial charge in [0.25, 0.3) is 0 Å². The summed E-state index contributed by atoms with van der Waals surface area (Å²) in [6.45, 7) is 1.94. The molecule has 0 radical (unpaired) electrons. The lowest BCUT2D eigenvalue weighted by Crippen LogP contribution is -2.03. The predicted molar refractivity (Wildman–Crippen MR) is 75.6 cm³/mol. The van der Waals surface area contributed by atoms with E-state index in [4.69, 9.17) is 9.84 Å². The molecule has 0 aliphatic rings. The highest BCUT2D eigenvalue weighted by molar-refractivity contribution is 5.71. The molecular formula is C15H13N3O3. The second-order valence-corrected chi connectivity index (χ2v) is 4.68. The molecule has 3 rings (SSSR count). The van der Waals surface area contributed by atoms with Crippen LogP contribution in [0.2, 0.25) is 0 Å². The Morgan fingerprint density at radius 2 is 2.14 bits per heavy atom. The fourth-order valence-corrected chi connectivity index (χ4v) is 2.12. The molecule has 0 aliphatic heterocycles. The highest BCUT2D eigenvalue weighted by Crippen LogP contribution is 2.26. The van der Waals surface area contributed by atoms with Crippen LogP contribution in [0.15, 0.2) is 42.7 Å². The number of carboxylic acids is 1. The second-order valence-electron chi connectivity index (χ2n) is 4.68. The Balaban J connectivity index is 2.02. The van der Waals surface area contributed by atoms with Crippen LogP contribution in [0.4, 0.5) is 0 Å². The largest absolute Gasteiger partial charge is 0.481 e. The first-order chi connectivity index (χ1) is 10.1. The topological polar surface area (TPSA) is 76.7 Å². The summed E-state index contributed by atoms with van der Waals surface area (Å²) in [5.41, 5.74) is 2.28. The van der Waals surface area contributed by atoms with E-state index in [1.807, 2.05) is 19.1 Å². The third kappa shape index (κ3) is 2.69. The van der Waals surface area contributed by atoms with E-state index >= 15 is 0 Å². The minimum Gasteiger partial charge on any atom is -0.481 e. The number of hydrogen-bond donors (Lipinski definition) is 1. The molecule has 0 amide bonds. The molecule has 0 atom stereocenters. The average Bonchev–Trinajstić information content (AvgIpc) is 2.88. The van der Waals surface area contributed by atoms with E-state index in [-0.39, 0.29) is 6.42 Å². The van der Waals surface area contributed by atoms with Gasteiger partial charge in [0.05, 0.1) is 6.42 Å². The molecule has 6 nitrogen and oxygen atoms in total. The lowest BCUT2D eigenvalue weighted by molar-refractivity contribution is -0.136. The number of benzene rings is 1. The molecule has 0 bridgehead atoms.